The Hall–Kier alpha value is -0.570. The number of carbonyl (C=O) groups is 1. The molecular formula is C18H32N2O. The summed E-state index contributed by atoms with van der Waals surface area (Å²) >= 11 is 0. The molecule has 3 aliphatic rings. The van der Waals surface area contributed by atoms with Crippen LogP contribution < -0.4 is 0 Å². The summed E-state index contributed by atoms with van der Waals surface area (Å²) in [6.45, 7) is 8.70. The highest BCUT2D eigenvalue weighted by Gasteiger charge is 2.42. The van der Waals surface area contributed by atoms with Crippen LogP contribution in [0.2, 0.25) is 0 Å². The number of rotatable bonds is 2. The molecule has 2 saturated heterocycles. The lowest BCUT2D eigenvalue weighted by atomic mass is 9.73. The van der Waals surface area contributed by atoms with Crippen molar-refractivity contribution in [2.24, 2.45) is 11.3 Å². The maximum absolute atomic E-state index is 12.7. The first-order chi connectivity index (χ1) is 10.1. The third-order valence-corrected chi connectivity index (χ3v) is 6.38. The number of hydrogen-bond acceptors (Lipinski definition) is 2. The lowest BCUT2D eigenvalue weighted by Crippen LogP contribution is -2.49. The van der Waals surface area contributed by atoms with Crippen molar-refractivity contribution in [2.45, 2.75) is 71.3 Å². The van der Waals surface area contributed by atoms with Crippen molar-refractivity contribution in [3.05, 3.63) is 0 Å². The van der Waals surface area contributed by atoms with Gasteiger partial charge in [-0.2, -0.15) is 0 Å². The molecular weight excluding hydrogens is 260 g/mol. The summed E-state index contributed by atoms with van der Waals surface area (Å²) in [5.74, 6) is 1.18. The van der Waals surface area contributed by atoms with Crippen LogP contribution in [0.15, 0.2) is 0 Å². The van der Waals surface area contributed by atoms with Crippen molar-refractivity contribution in [3.63, 3.8) is 0 Å². The number of nitrogens with zero attached hydrogens (tertiary/aromatic N) is 2. The third kappa shape index (κ3) is 3.28. The largest absolute Gasteiger partial charge is 0.341 e. The van der Waals surface area contributed by atoms with E-state index in [4.69, 9.17) is 0 Å². The maximum Gasteiger partial charge on any atom is 0.239 e. The molecule has 0 unspecified atom stereocenters. The minimum atomic E-state index is 0.0970. The van der Waals surface area contributed by atoms with Gasteiger partial charge in [0.1, 0.15) is 0 Å². The average molecular weight is 292 g/mol. The molecule has 0 aromatic heterocycles. The third-order valence-electron chi connectivity index (χ3n) is 6.38. The summed E-state index contributed by atoms with van der Waals surface area (Å²) in [6.07, 6.45) is 10.7. The summed E-state index contributed by atoms with van der Waals surface area (Å²) in [6, 6.07) is 0.0970. The van der Waals surface area contributed by atoms with Crippen molar-refractivity contribution in [2.75, 3.05) is 26.2 Å². The highest BCUT2D eigenvalue weighted by Crippen LogP contribution is 2.44. The van der Waals surface area contributed by atoms with Crippen LogP contribution in [-0.4, -0.2) is 47.9 Å². The zero-order chi connectivity index (χ0) is 14.9. The smallest absolute Gasteiger partial charge is 0.239 e. The van der Waals surface area contributed by atoms with Gasteiger partial charge in [-0.25, -0.2) is 0 Å². The van der Waals surface area contributed by atoms with Crippen molar-refractivity contribution < 1.29 is 4.79 Å². The molecule has 0 radical (unpaired) electrons. The van der Waals surface area contributed by atoms with Crippen LogP contribution in [0.4, 0.5) is 0 Å². The van der Waals surface area contributed by atoms with E-state index in [1.54, 1.807) is 0 Å². The van der Waals surface area contributed by atoms with Gasteiger partial charge in [0.25, 0.3) is 0 Å². The van der Waals surface area contributed by atoms with E-state index in [0.717, 1.165) is 25.6 Å². The van der Waals surface area contributed by atoms with Gasteiger partial charge < -0.3 is 4.90 Å². The number of piperidine rings is 1. The first-order valence-corrected chi connectivity index (χ1v) is 9.12. The van der Waals surface area contributed by atoms with Gasteiger partial charge in [0.2, 0.25) is 5.91 Å². The Morgan fingerprint density at radius 3 is 2.38 bits per heavy atom. The van der Waals surface area contributed by atoms with E-state index in [2.05, 4.69) is 23.6 Å². The Morgan fingerprint density at radius 1 is 1.05 bits per heavy atom. The molecule has 0 bridgehead atoms. The molecule has 1 saturated carbocycles. The van der Waals surface area contributed by atoms with Gasteiger partial charge in [-0.05, 0) is 56.9 Å². The Morgan fingerprint density at radius 2 is 1.71 bits per heavy atom. The molecule has 3 fully saturated rings. The summed E-state index contributed by atoms with van der Waals surface area (Å²) < 4.78 is 0. The molecule has 1 atom stereocenters. The molecule has 3 rings (SSSR count). The van der Waals surface area contributed by atoms with Crippen LogP contribution >= 0.6 is 0 Å². The normalized spacial score (nSPS) is 29.0. The fourth-order valence-electron chi connectivity index (χ4n) is 4.66. The topological polar surface area (TPSA) is 23.6 Å². The van der Waals surface area contributed by atoms with Crippen molar-refractivity contribution in [1.29, 1.82) is 0 Å². The summed E-state index contributed by atoms with van der Waals surface area (Å²) in [7, 11) is 0. The lowest BCUT2D eigenvalue weighted by Gasteiger charge is -2.36. The van der Waals surface area contributed by atoms with E-state index < -0.39 is 0 Å². The molecule has 21 heavy (non-hydrogen) atoms. The Bertz CT molecular complexity index is 367. The van der Waals surface area contributed by atoms with E-state index in [0.29, 0.717) is 11.3 Å². The zero-order valence-corrected chi connectivity index (χ0v) is 13.9. The van der Waals surface area contributed by atoms with Crippen molar-refractivity contribution in [3.8, 4) is 0 Å². The molecule has 3 nitrogen and oxygen atoms in total. The van der Waals surface area contributed by atoms with E-state index in [1.165, 1.54) is 57.9 Å². The Labute approximate surface area is 130 Å². The van der Waals surface area contributed by atoms with Gasteiger partial charge in [0.15, 0.2) is 0 Å². The number of amides is 1. The Balaban J connectivity index is 1.55. The number of hydrogen-bond donors (Lipinski definition) is 0. The number of carbonyl (C=O) groups excluding carboxylic acids is 1. The second kappa shape index (κ2) is 6.28. The predicted octanol–water partition coefficient (Wildman–Crippen LogP) is 3.29. The second-order valence-corrected chi connectivity index (χ2v) is 7.96. The molecule has 120 valence electrons. The molecule has 2 aliphatic heterocycles. The monoisotopic (exact) mass is 292 g/mol. The van der Waals surface area contributed by atoms with Crippen molar-refractivity contribution in [1.82, 2.24) is 9.80 Å². The van der Waals surface area contributed by atoms with E-state index in [1.807, 2.05) is 0 Å². The van der Waals surface area contributed by atoms with Crippen LogP contribution in [0.5, 0.6) is 0 Å². The first kappa shape index (κ1) is 15.3. The van der Waals surface area contributed by atoms with E-state index in [-0.39, 0.29) is 6.04 Å². The van der Waals surface area contributed by atoms with E-state index >= 15 is 0 Å². The molecule has 0 aromatic rings. The van der Waals surface area contributed by atoms with Crippen LogP contribution in [-0.2, 0) is 4.79 Å². The highest BCUT2D eigenvalue weighted by molar-refractivity contribution is 5.81. The fraction of sp³-hybridized carbons (Fsp3) is 0.944. The van der Waals surface area contributed by atoms with Gasteiger partial charge in [0, 0.05) is 19.6 Å². The standard InChI is InChI=1S/C18H32N2O/c1-15-6-11-19(12-7-15)17(21)16(2)20-13-10-18(14-20)8-4-3-5-9-18/h15-16H,3-14H2,1-2H3/t16-/m1/s1. The van der Waals surface area contributed by atoms with Crippen LogP contribution in [0.1, 0.15) is 65.2 Å². The predicted molar refractivity (Wildman–Crippen MR) is 86.1 cm³/mol. The first-order valence-electron chi connectivity index (χ1n) is 9.12. The summed E-state index contributed by atoms with van der Waals surface area (Å²) in [5.41, 5.74) is 0.559. The van der Waals surface area contributed by atoms with Gasteiger partial charge in [-0.1, -0.05) is 26.2 Å². The molecule has 2 heterocycles. The molecule has 0 aromatic carbocycles. The molecule has 0 N–H and O–H groups in total. The lowest BCUT2D eigenvalue weighted by molar-refractivity contribution is -0.137. The fourth-order valence-corrected chi connectivity index (χ4v) is 4.66. The average Bonchev–Trinajstić information content (AvgIpc) is 2.91. The maximum atomic E-state index is 12.7. The van der Waals surface area contributed by atoms with E-state index in [9.17, 15) is 4.79 Å². The second-order valence-electron chi connectivity index (χ2n) is 7.96. The zero-order valence-electron chi connectivity index (χ0n) is 13.9. The van der Waals surface area contributed by atoms with Gasteiger partial charge >= 0.3 is 0 Å². The van der Waals surface area contributed by atoms with Crippen LogP contribution in [0.3, 0.4) is 0 Å². The summed E-state index contributed by atoms with van der Waals surface area (Å²) in [4.78, 5) is 17.3. The molecule has 3 heteroatoms. The van der Waals surface area contributed by atoms with Crippen LogP contribution in [0.25, 0.3) is 0 Å². The SMILES string of the molecule is CC1CCN(C(=O)[C@@H](C)N2CCC3(CCCCC3)C2)CC1. The quantitative estimate of drug-likeness (QED) is 0.780. The van der Waals surface area contributed by atoms with Crippen molar-refractivity contribution >= 4 is 5.91 Å². The van der Waals surface area contributed by atoms with Gasteiger partial charge in [-0.3, -0.25) is 9.69 Å². The summed E-state index contributed by atoms with van der Waals surface area (Å²) in [5, 5.41) is 0. The Kier molecular flexibility index (Phi) is 4.58. The molecule has 1 aliphatic carbocycles. The molecule has 1 amide bonds. The number of likely N-dealkylation sites (tertiary alicyclic amines) is 2. The minimum absolute atomic E-state index is 0.0970. The highest BCUT2D eigenvalue weighted by atomic mass is 16.2. The van der Waals surface area contributed by atoms with Gasteiger partial charge in [0.05, 0.1) is 6.04 Å². The molecule has 1 spiro atoms. The minimum Gasteiger partial charge on any atom is -0.341 e. The van der Waals surface area contributed by atoms with Crippen LogP contribution in [0, 0.1) is 11.3 Å². The van der Waals surface area contributed by atoms with Gasteiger partial charge in [-0.15, -0.1) is 0 Å².